The molecule has 0 saturated heterocycles. The van der Waals surface area contributed by atoms with Crippen LogP contribution < -0.4 is 9.47 Å². The molecule has 1 aliphatic carbocycles. The third kappa shape index (κ3) is 3.70. The van der Waals surface area contributed by atoms with E-state index in [1.54, 1.807) is 0 Å². The first-order valence-corrected chi connectivity index (χ1v) is 9.02. The van der Waals surface area contributed by atoms with Crippen LogP contribution in [0.3, 0.4) is 0 Å². The van der Waals surface area contributed by atoms with Crippen molar-refractivity contribution in [1.29, 1.82) is 0 Å². The molecule has 0 aliphatic heterocycles. The maximum Gasteiger partial charge on any atom is 0.162 e. The fourth-order valence-corrected chi connectivity index (χ4v) is 4.13. The molecular formula is C16H22Br2O2. The van der Waals surface area contributed by atoms with Crippen LogP contribution in [-0.4, -0.2) is 13.2 Å². The van der Waals surface area contributed by atoms with Crippen LogP contribution in [0.5, 0.6) is 11.5 Å². The predicted octanol–water partition coefficient (Wildman–Crippen LogP) is 5.73. The average molecular weight is 406 g/mol. The van der Waals surface area contributed by atoms with Gasteiger partial charge in [-0.3, -0.25) is 0 Å². The zero-order valence-corrected chi connectivity index (χ0v) is 15.5. The summed E-state index contributed by atoms with van der Waals surface area (Å²) in [5.41, 5.74) is 1.25. The van der Waals surface area contributed by atoms with E-state index >= 15 is 0 Å². The molecule has 1 aromatic rings. The van der Waals surface area contributed by atoms with Gasteiger partial charge in [0.2, 0.25) is 0 Å². The fraction of sp³-hybridized carbons (Fsp3) is 0.625. The normalized spacial score (nSPS) is 17.6. The van der Waals surface area contributed by atoms with Crippen molar-refractivity contribution < 1.29 is 9.47 Å². The van der Waals surface area contributed by atoms with Crippen molar-refractivity contribution in [1.82, 2.24) is 0 Å². The Morgan fingerprint density at radius 3 is 2.20 bits per heavy atom. The van der Waals surface area contributed by atoms with Crippen molar-refractivity contribution in [3.63, 3.8) is 0 Å². The number of alkyl halides is 1. The highest BCUT2D eigenvalue weighted by Gasteiger charge is 2.34. The summed E-state index contributed by atoms with van der Waals surface area (Å²) in [5.74, 6) is 3.14. The largest absolute Gasteiger partial charge is 0.490 e. The summed E-state index contributed by atoms with van der Waals surface area (Å²) in [6, 6.07) is 4.13. The Balaban J connectivity index is 2.29. The van der Waals surface area contributed by atoms with Crippen LogP contribution in [0.25, 0.3) is 0 Å². The summed E-state index contributed by atoms with van der Waals surface area (Å²) < 4.78 is 12.5. The van der Waals surface area contributed by atoms with Crippen molar-refractivity contribution in [2.24, 2.45) is 11.8 Å². The minimum Gasteiger partial charge on any atom is -0.490 e. The second-order valence-corrected chi connectivity index (χ2v) is 7.13. The van der Waals surface area contributed by atoms with Gasteiger partial charge in [0.25, 0.3) is 0 Å². The van der Waals surface area contributed by atoms with Gasteiger partial charge in [0.05, 0.1) is 13.2 Å². The maximum atomic E-state index is 5.72. The summed E-state index contributed by atoms with van der Waals surface area (Å²) in [6.45, 7) is 7.59. The molecule has 2 nitrogen and oxygen atoms in total. The molecule has 0 heterocycles. The van der Waals surface area contributed by atoms with E-state index in [4.69, 9.17) is 9.47 Å². The van der Waals surface area contributed by atoms with Gasteiger partial charge in [0.1, 0.15) is 0 Å². The van der Waals surface area contributed by atoms with Gasteiger partial charge in [0, 0.05) is 9.30 Å². The third-order valence-corrected chi connectivity index (χ3v) is 5.80. The van der Waals surface area contributed by atoms with Gasteiger partial charge in [-0.15, -0.1) is 0 Å². The molecule has 112 valence electrons. The number of halogens is 2. The first-order chi connectivity index (χ1) is 9.58. The van der Waals surface area contributed by atoms with Gasteiger partial charge in [-0.05, 0) is 56.2 Å². The van der Waals surface area contributed by atoms with Gasteiger partial charge in [-0.1, -0.05) is 38.8 Å². The van der Waals surface area contributed by atoms with Crippen LogP contribution in [0.2, 0.25) is 0 Å². The maximum absolute atomic E-state index is 5.72. The molecule has 0 aromatic heterocycles. The van der Waals surface area contributed by atoms with Gasteiger partial charge >= 0.3 is 0 Å². The molecule has 2 unspecified atom stereocenters. The number of benzene rings is 1. The Hall–Kier alpha value is -0.220. The monoisotopic (exact) mass is 404 g/mol. The summed E-state index contributed by atoms with van der Waals surface area (Å²) in [6.07, 6.45) is 2.71. The number of hydrogen-bond acceptors (Lipinski definition) is 2. The lowest BCUT2D eigenvalue weighted by molar-refractivity contribution is 0.287. The second-order valence-electron chi connectivity index (χ2n) is 5.28. The second kappa shape index (κ2) is 7.17. The summed E-state index contributed by atoms with van der Waals surface area (Å²) in [5, 5.41) is 0. The van der Waals surface area contributed by atoms with Gasteiger partial charge in [-0.2, -0.15) is 0 Å². The van der Waals surface area contributed by atoms with Crippen LogP contribution in [0, 0.1) is 11.8 Å². The Labute approximate surface area is 138 Å². The van der Waals surface area contributed by atoms with Crippen molar-refractivity contribution in [2.75, 3.05) is 13.2 Å². The summed E-state index contributed by atoms with van der Waals surface area (Å²) in [7, 11) is 0. The molecule has 20 heavy (non-hydrogen) atoms. The number of ether oxygens (including phenoxy) is 2. The van der Waals surface area contributed by atoms with Crippen LogP contribution in [-0.2, 0) is 0 Å². The van der Waals surface area contributed by atoms with E-state index in [0.717, 1.165) is 21.9 Å². The van der Waals surface area contributed by atoms with Crippen LogP contribution in [0.15, 0.2) is 16.6 Å². The van der Waals surface area contributed by atoms with Gasteiger partial charge in [-0.25, -0.2) is 0 Å². The van der Waals surface area contributed by atoms with E-state index < -0.39 is 0 Å². The molecule has 0 amide bonds. The molecule has 0 N–H and O–H groups in total. The summed E-state index contributed by atoms with van der Waals surface area (Å²) in [4.78, 5) is 0.347. The minimum atomic E-state index is 0.347. The first kappa shape index (κ1) is 16.2. The average Bonchev–Trinajstić information content (AvgIpc) is 3.25. The molecule has 1 saturated carbocycles. The molecule has 1 fully saturated rings. The highest BCUT2D eigenvalue weighted by molar-refractivity contribution is 9.11. The Morgan fingerprint density at radius 2 is 1.70 bits per heavy atom. The lowest BCUT2D eigenvalue weighted by Gasteiger charge is -2.21. The van der Waals surface area contributed by atoms with Crippen molar-refractivity contribution >= 4 is 31.9 Å². The van der Waals surface area contributed by atoms with Crippen LogP contribution in [0.4, 0.5) is 0 Å². The van der Waals surface area contributed by atoms with Crippen molar-refractivity contribution in [3.8, 4) is 11.5 Å². The van der Waals surface area contributed by atoms with Gasteiger partial charge in [0.15, 0.2) is 11.5 Å². The lowest BCUT2D eigenvalue weighted by atomic mass is 9.96. The van der Waals surface area contributed by atoms with E-state index in [9.17, 15) is 0 Å². The Bertz CT molecular complexity index is 458. The van der Waals surface area contributed by atoms with Crippen molar-refractivity contribution in [2.45, 2.75) is 38.4 Å². The highest BCUT2D eigenvalue weighted by Crippen LogP contribution is 2.49. The minimum absolute atomic E-state index is 0.347. The quantitative estimate of drug-likeness (QED) is 0.539. The van der Waals surface area contributed by atoms with E-state index in [-0.39, 0.29) is 0 Å². The van der Waals surface area contributed by atoms with Crippen molar-refractivity contribution in [3.05, 3.63) is 22.2 Å². The van der Waals surface area contributed by atoms with Crippen LogP contribution in [0.1, 0.15) is 44.0 Å². The Kier molecular flexibility index (Phi) is 5.79. The fourth-order valence-electron chi connectivity index (χ4n) is 2.44. The molecule has 2 rings (SSSR count). The Morgan fingerprint density at radius 1 is 1.15 bits per heavy atom. The molecule has 1 aromatic carbocycles. The number of rotatable bonds is 7. The zero-order chi connectivity index (χ0) is 14.7. The highest BCUT2D eigenvalue weighted by atomic mass is 79.9. The van der Waals surface area contributed by atoms with E-state index in [1.807, 2.05) is 19.9 Å². The molecule has 0 radical (unpaired) electrons. The molecule has 0 bridgehead atoms. The molecule has 0 spiro atoms. The predicted molar refractivity (Wildman–Crippen MR) is 90.0 cm³/mol. The molecule has 4 heteroatoms. The standard InChI is InChI=1S/C16H22Br2O2/c1-4-19-14-8-12(13(17)9-15(14)20-5-2)16(18)10(3)11-6-7-11/h8-11,16H,4-7H2,1-3H3. The first-order valence-electron chi connectivity index (χ1n) is 7.31. The third-order valence-electron chi connectivity index (χ3n) is 3.79. The smallest absolute Gasteiger partial charge is 0.162 e. The lowest BCUT2D eigenvalue weighted by Crippen LogP contribution is -2.08. The van der Waals surface area contributed by atoms with E-state index in [1.165, 1.54) is 18.4 Å². The van der Waals surface area contributed by atoms with Crippen LogP contribution >= 0.6 is 31.9 Å². The summed E-state index contributed by atoms with van der Waals surface area (Å²) >= 11 is 7.54. The zero-order valence-electron chi connectivity index (χ0n) is 12.3. The topological polar surface area (TPSA) is 18.5 Å². The van der Waals surface area contributed by atoms with E-state index in [0.29, 0.717) is 24.0 Å². The molecule has 2 atom stereocenters. The molecular weight excluding hydrogens is 384 g/mol. The molecule has 1 aliphatic rings. The van der Waals surface area contributed by atoms with Gasteiger partial charge < -0.3 is 9.47 Å². The van der Waals surface area contributed by atoms with E-state index in [2.05, 4.69) is 44.8 Å². The number of hydrogen-bond donors (Lipinski definition) is 0. The SMILES string of the molecule is CCOc1cc(Br)c(C(Br)C(C)C2CC2)cc1OCC.